The second-order valence-corrected chi connectivity index (χ2v) is 6.65. The molecule has 8 nitrogen and oxygen atoms in total. The Labute approximate surface area is 157 Å². The zero-order chi connectivity index (χ0) is 18.6. The van der Waals surface area contributed by atoms with Gasteiger partial charge in [-0.05, 0) is 37.1 Å². The van der Waals surface area contributed by atoms with Crippen LogP contribution in [-0.4, -0.2) is 60.6 Å². The predicted octanol–water partition coefficient (Wildman–Crippen LogP) is 1.75. The lowest BCUT2D eigenvalue weighted by Crippen LogP contribution is -2.49. The summed E-state index contributed by atoms with van der Waals surface area (Å²) in [6.45, 7) is 3.25. The summed E-state index contributed by atoms with van der Waals surface area (Å²) >= 11 is 0. The Morgan fingerprint density at radius 3 is 2.63 bits per heavy atom. The van der Waals surface area contributed by atoms with E-state index in [9.17, 15) is 9.59 Å². The van der Waals surface area contributed by atoms with Crippen molar-refractivity contribution < 1.29 is 18.7 Å². The molecule has 1 atom stereocenters. The number of rotatable bonds is 4. The average Bonchev–Trinajstić information content (AvgIpc) is 3.42. The number of nitrogens with one attached hydrogen (secondary N) is 1. The van der Waals surface area contributed by atoms with Gasteiger partial charge in [0.15, 0.2) is 5.76 Å². The van der Waals surface area contributed by atoms with Gasteiger partial charge < -0.3 is 24.3 Å². The van der Waals surface area contributed by atoms with E-state index in [4.69, 9.17) is 9.15 Å². The van der Waals surface area contributed by atoms with Gasteiger partial charge in [0.05, 0.1) is 18.1 Å². The van der Waals surface area contributed by atoms with Crippen molar-refractivity contribution in [1.82, 2.24) is 9.88 Å². The maximum Gasteiger partial charge on any atom is 0.289 e. The minimum Gasteiger partial charge on any atom is -0.459 e. The highest BCUT2D eigenvalue weighted by Gasteiger charge is 2.25. The molecule has 0 bridgehead atoms. The first kappa shape index (κ1) is 17.5. The Hall–Kier alpha value is -2.87. The third-order valence-electron chi connectivity index (χ3n) is 4.86. The molecule has 2 amide bonds. The number of nitrogens with zero attached hydrogens (tertiary/aromatic N) is 3. The molecule has 0 aromatic carbocycles. The minimum atomic E-state index is -0.357. The van der Waals surface area contributed by atoms with Gasteiger partial charge in [0.1, 0.15) is 11.9 Å². The van der Waals surface area contributed by atoms with Crippen molar-refractivity contribution in [1.29, 1.82) is 0 Å². The number of carbonyl (C=O) groups is 2. The molecule has 2 aromatic heterocycles. The smallest absolute Gasteiger partial charge is 0.289 e. The summed E-state index contributed by atoms with van der Waals surface area (Å²) in [6, 6.07) is 7.12. The van der Waals surface area contributed by atoms with Crippen molar-refractivity contribution >= 4 is 23.3 Å². The van der Waals surface area contributed by atoms with Crippen LogP contribution in [0, 0.1) is 0 Å². The van der Waals surface area contributed by atoms with Crippen molar-refractivity contribution in [3.8, 4) is 0 Å². The topological polar surface area (TPSA) is 87.9 Å². The number of ether oxygens (including phenoxy) is 1. The van der Waals surface area contributed by atoms with Crippen LogP contribution in [0.5, 0.6) is 0 Å². The summed E-state index contributed by atoms with van der Waals surface area (Å²) in [6.07, 6.45) is 4.49. The largest absolute Gasteiger partial charge is 0.459 e. The molecular formula is C19H22N4O4. The van der Waals surface area contributed by atoms with E-state index in [1.807, 2.05) is 12.1 Å². The molecule has 4 rings (SSSR count). The van der Waals surface area contributed by atoms with Gasteiger partial charge in [0.2, 0.25) is 0 Å². The highest BCUT2D eigenvalue weighted by atomic mass is 16.5. The second-order valence-electron chi connectivity index (χ2n) is 6.65. The first-order valence-electron chi connectivity index (χ1n) is 9.17. The van der Waals surface area contributed by atoms with E-state index in [1.165, 1.54) is 6.26 Å². The summed E-state index contributed by atoms with van der Waals surface area (Å²) in [5.41, 5.74) is 0.658. The average molecular weight is 370 g/mol. The molecule has 8 heteroatoms. The van der Waals surface area contributed by atoms with Gasteiger partial charge in [-0.1, -0.05) is 0 Å². The first-order chi connectivity index (χ1) is 13.2. The van der Waals surface area contributed by atoms with Crippen molar-refractivity contribution in [2.24, 2.45) is 0 Å². The Kier molecular flexibility index (Phi) is 5.06. The van der Waals surface area contributed by atoms with Crippen LogP contribution in [0.15, 0.2) is 41.1 Å². The molecule has 2 saturated heterocycles. The number of hydrogen-bond donors (Lipinski definition) is 1. The SMILES string of the molecule is O=C(Nc1ccc(N2CCN(C(=O)c3ccco3)CC2)nc1)C1CCCO1. The van der Waals surface area contributed by atoms with Crippen LogP contribution in [0.25, 0.3) is 0 Å². The fourth-order valence-corrected chi connectivity index (χ4v) is 3.35. The monoisotopic (exact) mass is 370 g/mol. The summed E-state index contributed by atoms with van der Waals surface area (Å²) < 4.78 is 10.6. The molecule has 0 radical (unpaired) electrons. The van der Waals surface area contributed by atoms with Crippen LogP contribution in [0.3, 0.4) is 0 Å². The lowest BCUT2D eigenvalue weighted by atomic mass is 10.2. The molecule has 27 heavy (non-hydrogen) atoms. The fraction of sp³-hybridized carbons (Fsp3) is 0.421. The number of amides is 2. The van der Waals surface area contributed by atoms with Crippen molar-refractivity contribution in [3.05, 3.63) is 42.5 Å². The summed E-state index contributed by atoms with van der Waals surface area (Å²) in [5, 5.41) is 2.84. The summed E-state index contributed by atoms with van der Waals surface area (Å²) in [7, 11) is 0. The van der Waals surface area contributed by atoms with E-state index >= 15 is 0 Å². The van der Waals surface area contributed by atoms with Gasteiger partial charge in [-0.2, -0.15) is 0 Å². The zero-order valence-corrected chi connectivity index (χ0v) is 15.0. The van der Waals surface area contributed by atoms with E-state index in [2.05, 4.69) is 15.2 Å². The van der Waals surface area contributed by atoms with Gasteiger partial charge in [-0.15, -0.1) is 0 Å². The number of furan rings is 1. The zero-order valence-electron chi connectivity index (χ0n) is 15.0. The molecule has 142 valence electrons. The Bertz CT molecular complexity index is 777. The Morgan fingerprint density at radius 2 is 2.00 bits per heavy atom. The van der Waals surface area contributed by atoms with Crippen LogP contribution < -0.4 is 10.2 Å². The van der Waals surface area contributed by atoms with Crippen LogP contribution in [0.4, 0.5) is 11.5 Å². The molecule has 1 N–H and O–H groups in total. The number of hydrogen-bond acceptors (Lipinski definition) is 6. The first-order valence-corrected chi connectivity index (χ1v) is 9.17. The lowest BCUT2D eigenvalue weighted by molar-refractivity contribution is -0.124. The molecule has 0 saturated carbocycles. The number of anilines is 2. The Morgan fingerprint density at radius 1 is 1.15 bits per heavy atom. The quantitative estimate of drug-likeness (QED) is 0.882. The second kappa shape index (κ2) is 7.79. The van der Waals surface area contributed by atoms with E-state index in [-0.39, 0.29) is 17.9 Å². The van der Waals surface area contributed by atoms with Gasteiger partial charge in [-0.3, -0.25) is 9.59 Å². The van der Waals surface area contributed by atoms with E-state index in [0.717, 1.165) is 18.7 Å². The third-order valence-corrected chi connectivity index (χ3v) is 4.86. The lowest BCUT2D eigenvalue weighted by Gasteiger charge is -2.35. The highest BCUT2D eigenvalue weighted by molar-refractivity contribution is 5.94. The van der Waals surface area contributed by atoms with Crippen molar-refractivity contribution in [2.75, 3.05) is 43.0 Å². The van der Waals surface area contributed by atoms with E-state index in [1.54, 1.807) is 23.2 Å². The van der Waals surface area contributed by atoms with Gasteiger partial charge >= 0.3 is 0 Å². The highest BCUT2D eigenvalue weighted by Crippen LogP contribution is 2.19. The number of carbonyl (C=O) groups excluding carboxylic acids is 2. The maximum absolute atomic E-state index is 12.3. The van der Waals surface area contributed by atoms with Crippen molar-refractivity contribution in [3.63, 3.8) is 0 Å². The standard InChI is InChI=1S/C19H22N4O4/c24-18(15-3-1-11-26-15)21-14-5-6-17(20-13-14)22-7-9-23(10-8-22)19(25)16-4-2-12-27-16/h2,4-6,12-13,15H,1,3,7-11H2,(H,21,24). The van der Waals surface area contributed by atoms with Gasteiger partial charge in [0, 0.05) is 32.8 Å². The van der Waals surface area contributed by atoms with E-state index in [0.29, 0.717) is 44.2 Å². The van der Waals surface area contributed by atoms with Crippen LogP contribution in [0.1, 0.15) is 23.4 Å². The molecule has 1 unspecified atom stereocenters. The molecule has 2 aromatic rings. The Balaban J connectivity index is 1.31. The number of pyridine rings is 1. The summed E-state index contributed by atoms with van der Waals surface area (Å²) in [5.74, 6) is 0.995. The number of piperazine rings is 1. The maximum atomic E-state index is 12.3. The van der Waals surface area contributed by atoms with Gasteiger partial charge in [0.25, 0.3) is 11.8 Å². The molecule has 2 aliphatic rings. The molecule has 0 spiro atoms. The molecule has 2 aliphatic heterocycles. The van der Waals surface area contributed by atoms with E-state index < -0.39 is 0 Å². The fourth-order valence-electron chi connectivity index (χ4n) is 3.35. The molecule has 2 fully saturated rings. The third kappa shape index (κ3) is 3.95. The molecule has 0 aliphatic carbocycles. The number of aromatic nitrogens is 1. The van der Waals surface area contributed by atoms with Crippen LogP contribution >= 0.6 is 0 Å². The van der Waals surface area contributed by atoms with Crippen LogP contribution in [-0.2, 0) is 9.53 Å². The molecular weight excluding hydrogens is 348 g/mol. The predicted molar refractivity (Wildman–Crippen MR) is 98.7 cm³/mol. The normalized spacial score (nSPS) is 19.9. The van der Waals surface area contributed by atoms with Crippen LogP contribution in [0.2, 0.25) is 0 Å². The van der Waals surface area contributed by atoms with Gasteiger partial charge in [-0.25, -0.2) is 4.98 Å². The summed E-state index contributed by atoms with van der Waals surface area (Å²) in [4.78, 5) is 32.7. The van der Waals surface area contributed by atoms with Crippen molar-refractivity contribution in [2.45, 2.75) is 18.9 Å². The minimum absolute atomic E-state index is 0.0835. The molecule has 4 heterocycles.